The third-order valence-electron chi connectivity index (χ3n) is 5.39. The first-order valence-corrected chi connectivity index (χ1v) is 9.03. The SMILES string of the molecule is Cc1cc(C)n2cnc(C(=O)NC3CCC(C)C(c4cnco4)C3)c2n1. The lowest BCUT2D eigenvalue weighted by molar-refractivity contribution is 0.0912. The summed E-state index contributed by atoms with van der Waals surface area (Å²) in [6.45, 7) is 6.13. The summed E-state index contributed by atoms with van der Waals surface area (Å²) in [7, 11) is 0. The van der Waals surface area contributed by atoms with Crippen LogP contribution in [-0.2, 0) is 0 Å². The van der Waals surface area contributed by atoms with Crippen LogP contribution in [0.1, 0.15) is 59.7 Å². The van der Waals surface area contributed by atoms with Crippen molar-refractivity contribution in [2.45, 2.75) is 52.0 Å². The molecule has 7 nitrogen and oxygen atoms in total. The van der Waals surface area contributed by atoms with Gasteiger partial charge in [0.25, 0.3) is 5.91 Å². The summed E-state index contributed by atoms with van der Waals surface area (Å²) < 4.78 is 7.35. The minimum Gasteiger partial charge on any atom is -0.448 e. The second kappa shape index (κ2) is 6.55. The number of nitrogens with zero attached hydrogens (tertiary/aromatic N) is 4. The van der Waals surface area contributed by atoms with Gasteiger partial charge in [0.15, 0.2) is 17.7 Å². The predicted molar refractivity (Wildman–Crippen MR) is 96.0 cm³/mol. The van der Waals surface area contributed by atoms with E-state index in [0.717, 1.165) is 36.4 Å². The van der Waals surface area contributed by atoms with Crippen molar-refractivity contribution >= 4 is 11.6 Å². The largest absolute Gasteiger partial charge is 0.448 e. The molecule has 0 aromatic carbocycles. The molecule has 0 bridgehead atoms. The van der Waals surface area contributed by atoms with Gasteiger partial charge in [-0.3, -0.25) is 9.20 Å². The zero-order valence-electron chi connectivity index (χ0n) is 15.3. The first kappa shape index (κ1) is 16.8. The van der Waals surface area contributed by atoms with E-state index in [4.69, 9.17) is 4.42 Å². The highest BCUT2D eigenvalue weighted by molar-refractivity contribution is 5.98. The minimum atomic E-state index is -0.166. The first-order chi connectivity index (χ1) is 12.5. The van der Waals surface area contributed by atoms with Crippen LogP contribution in [0.15, 0.2) is 29.4 Å². The average molecular weight is 353 g/mol. The van der Waals surface area contributed by atoms with Crippen molar-refractivity contribution in [1.29, 1.82) is 0 Å². The molecule has 3 aromatic heterocycles. The average Bonchev–Trinajstić information content (AvgIpc) is 3.26. The standard InChI is InChI=1S/C19H23N5O2/c1-11-4-5-14(7-15(11)16-8-20-10-26-16)23-19(25)17-18-22-12(2)6-13(3)24(18)9-21-17/h6,8-11,14-15H,4-5,7H2,1-3H3,(H,23,25). The van der Waals surface area contributed by atoms with E-state index in [1.165, 1.54) is 6.39 Å². The zero-order valence-corrected chi connectivity index (χ0v) is 15.3. The molecule has 1 aliphatic rings. The molecule has 0 spiro atoms. The topological polar surface area (TPSA) is 85.3 Å². The van der Waals surface area contributed by atoms with E-state index in [0.29, 0.717) is 17.3 Å². The number of rotatable bonds is 3. The molecule has 0 radical (unpaired) electrons. The molecule has 3 heterocycles. The Hall–Kier alpha value is -2.70. The fraction of sp³-hybridized carbons (Fsp3) is 0.474. The highest BCUT2D eigenvalue weighted by atomic mass is 16.3. The third kappa shape index (κ3) is 2.98. The predicted octanol–water partition coefficient (Wildman–Crippen LogP) is 3.04. The summed E-state index contributed by atoms with van der Waals surface area (Å²) in [5.74, 6) is 1.52. The molecule has 1 N–H and O–H groups in total. The Balaban J connectivity index is 1.53. The molecule has 3 atom stereocenters. The van der Waals surface area contributed by atoms with Gasteiger partial charge < -0.3 is 9.73 Å². The van der Waals surface area contributed by atoms with E-state index >= 15 is 0 Å². The highest BCUT2D eigenvalue weighted by Gasteiger charge is 2.32. The number of hydrogen-bond donors (Lipinski definition) is 1. The van der Waals surface area contributed by atoms with Crippen LogP contribution >= 0.6 is 0 Å². The van der Waals surface area contributed by atoms with Crippen molar-refractivity contribution < 1.29 is 9.21 Å². The molecule has 26 heavy (non-hydrogen) atoms. The van der Waals surface area contributed by atoms with Gasteiger partial charge in [0, 0.05) is 23.3 Å². The van der Waals surface area contributed by atoms with Crippen molar-refractivity contribution in [3.8, 4) is 0 Å². The van der Waals surface area contributed by atoms with Gasteiger partial charge in [-0.1, -0.05) is 6.92 Å². The van der Waals surface area contributed by atoms with Crippen LogP contribution in [0.25, 0.3) is 5.65 Å². The molecule has 3 unspecified atom stereocenters. The molecule has 3 aromatic rings. The molecule has 0 saturated heterocycles. The molecule has 7 heteroatoms. The molecule has 1 amide bonds. The van der Waals surface area contributed by atoms with Gasteiger partial charge in [-0.25, -0.2) is 15.0 Å². The Labute approximate surface area is 151 Å². The number of fused-ring (bicyclic) bond motifs is 1. The normalized spacial score (nSPS) is 23.3. The Kier molecular flexibility index (Phi) is 4.22. The number of amides is 1. The first-order valence-electron chi connectivity index (χ1n) is 9.03. The summed E-state index contributed by atoms with van der Waals surface area (Å²) in [5, 5.41) is 3.15. The molecule has 1 aliphatic carbocycles. The number of aromatic nitrogens is 4. The van der Waals surface area contributed by atoms with Gasteiger partial charge in [0.1, 0.15) is 12.1 Å². The fourth-order valence-electron chi connectivity index (χ4n) is 3.95. The monoisotopic (exact) mass is 353 g/mol. The zero-order chi connectivity index (χ0) is 18.3. The van der Waals surface area contributed by atoms with Crippen LogP contribution in [0.5, 0.6) is 0 Å². The van der Waals surface area contributed by atoms with E-state index in [9.17, 15) is 4.79 Å². The van der Waals surface area contributed by atoms with E-state index < -0.39 is 0 Å². The van der Waals surface area contributed by atoms with Crippen LogP contribution in [0, 0.1) is 19.8 Å². The van der Waals surface area contributed by atoms with E-state index in [2.05, 4.69) is 27.2 Å². The second-order valence-corrected chi connectivity index (χ2v) is 7.30. The lowest BCUT2D eigenvalue weighted by Crippen LogP contribution is -2.40. The van der Waals surface area contributed by atoms with Crippen molar-refractivity contribution in [1.82, 2.24) is 24.7 Å². The van der Waals surface area contributed by atoms with Crippen LogP contribution in [0.4, 0.5) is 0 Å². The second-order valence-electron chi connectivity index (χ2n) is 7.30. The molecule has 0 aliphatic heterocycles. The summed E-state index contributed by atoms with van der Waals surface area (Å²) >= 11 is 0. The lowest BCUT2D eigenvalue weighted by atomic mass is 9.77. The van der Waals surface area contributed by atoms with Gasteiger partial charge in [-0.05, 0) is 45.1 Å². The van der Waals surface area contributed by atoms with E-state index in [1.54, 1.807) is 12.5 Å². The summed E-state index contributed by atoms with van der Waals surface area (Å²) in [6, 6.07) is 2.07. The number of carbonyl (C=O) groups excluding carboxylic acids is 1. The Bertz CT molecular complexity index is 931. The third-order valence-corrected chi connectivity index (χ3v) is 5.39. The highest BCUT2D eigenvalue weighted by Crippen LogP contribution is 2.37. The van der Waals surface area contributed by atoms with Gasteiger partial charge in [-0.2, -0.15) is 0 Å². The Morgan fingerprint density at radius 3 is 2.96 bits per heavy atom. The molecule has 1 fully saturated rings. The number of imidazole rings is 1. The van der Waals surface area contributed by atoms with Crippen LogP contribution in [-0.4, -0.2) is 31.3 Å². The molecule has 4 rings (SSSR count). The number of carbonyl (C=O) groups is 1. The number of oxazole rings is 1. The van der Waals surface area contributed by atoms with Crippen molar-refractivity contribution in [3.05, 3.63) is 47.8 Å². The van der Waals surface area contributed by atoms with E-state index in [-0.39, 0.29) is 17.9 Å². The smallest absolute Gasteiger partial charge is 0.274 e. The number of hydrogen-bond acceptors (Lipinski definition) is 5. The maximum absolute atomic E-state index is 12.8. The maximum atomic E-state index is 12.8. The molecular formula is C19H23N5O2. The minimum absolute atomic E-state index is 0.0939. The van der Waals surface area contributed by atoms with Gasteiger partial charge >= 0.3 is 0 Å². The summed E-state index contributed by atoms with van der Waals surface area (Å²) in [5.41, 5.74) is 2.87. The quantitative estimate of drug-likeness (QED) is 0.782. The Morgan fingerprint density at radius 2 is 2.19 bits per heavy atom. The van der Waals surface area contributed by atoms with Gasteiger partial charge in [0.05, 0.1) is 6.20 Å². The molecule has 1 saturated carbocycles. The molecular weight excluding hydrogens is 330 g/mol. The van der Waals surface area contributed by atoms with Crippen LogP contribution < -0.4 is 5.32 Å². The lowest BCUT2D eigenvalue weighted by Gasteiger charge is -2.33. The summed E-state index contributed by atoms with van der Waals surface area (Å²) in [4.78, 5) is 25.7. The van der Waals surface area contributed by atoms with Crippen LogP contribution in [0.3, 0.4) is 0 Å². The fourth-order valence-corrected chi connectivity index (χ4v) is 3.95. The van der Waals surface area contributed by atoms with Crippen molar-refractivity contribution in [2.75, 3.05) is 0 Å². The maximum Gasteiger partial charge on any atom is 0.274 e. The van der Waals surface area contributed by atoms with Crippen molar-refractivity contribution in [3.63, 3.8) is 0 Å². The Morgan fingerprint density at radius 1 is 1.35 bits per heavy atom. The number of aryl methyl sites for hydroxylation is 2. The number of nitrogens with one attached hydrogen (secondary N) is 1. The van der Waals surface area contributed by atoms with Gasteiger partial charge in [0.2, 0.25) is 0 Å². The van der Waals surface area contributed by atoms with E-state index in [1.807, 2.05) is 24.3 Å². The summed E-state index contributed by atoms with van der Waals surface area (Å²) in [6.07, 6.45) is 7.75. The molecule has 136 valence electrons. The van der Waals surface area contributed by atoms with Crippen molar-refractivity contribution in [2.24, 2.45) is 5.92 Å². The van der Waals surface area contributed by atoms with Crippen LogP contribution in [0.2, 0.25) is 0 Å². The van der Waals surface area contributed by atoms with Gasteiger partial charge in [-0.15, -0.1) is 0 Å².